The number of hydrogen-bond donors (Lipinski definition) is 1. The molecule has 0 saturated carbocycles. The van der Waals surface area contributed by atoms with Crippen LogP contribution in [0, 0.1) is 0 Å². The van der Waals surface area contributed by atoms with Crippen molar-refractivity contribution in [2.75, 3.05) is 18.1 Å². The van der Waals surface area contributed by atoms with Crippen LogP contribution < -0.4 is 10.2 Å². The first-order chi connectivity index (χ1) is 15.7. The van der Waals surface area contributed by atoms with Crippen molar-refractivity contribution in [2.45, 2.75) is 6.54 Å². The summed E-state index contributed by atoms with van der Waals surface area (Å²) in [6.07, 6.45) is 1.21. The molecule has 8 heteroatoms. The predicted molar refractivity (Wildman–Crippen MR) is 118 cm³/mol. The van der Waals surface area contributed by atoms with Gasteiger partial charge in [-0.05, 0) is 42.0 Å². The van der Waals surface area contributed by atoms with E-state index in [9.17, 15) is 9.59 Å². The van der Waals surface area contributed by atoms with Gasteiger partial charge in [0.05, 0.1) is 18.5 Å². The van der Waals surface area contributed by atoms with E-state index in [0.29, 0.717) is 36.8 Å². The first-order valence-corrected chi connectivity index (χ1v) is 10.2. The number of aromatic nitrogens is 2. The quantitative estimate of drug-likeness (QED) is 0.501. The number of carbonyl (C=O) groups is 2. The lowest BCUT2D eigenvalue weighted by molar-refractivity contribution is 0.0943. The minimum absolute atomic E-state index is 0.273. The summed E-state index contributed by atoms with van der Waals surface area (Å²) in [6.45, 7) is 1.19. The number of rotatable bonds is 6. The van der Waals surface area contributed by atoms with E-state index in [2.05, 4.69) is 10.4 Å². The average Bonchev–Trinajstić information content (AvgIpc) is 3.58. The lowest BCUT2D eigenvalue weighted by Crippen LogP contribution is -2.26. The molecule has 0 spiro atoms. The number of cyclic esters (lactones) is 1. The lowest BCUT2D eigenvalue weighted by Gasteiger charge is -2.14. The molecule has 1 aliphatic heterocycles. The van der Waals surface area contributed by atoms with Crippen molar-refractivity contribution in [3.05, 3.63) is 90.3 Å². The Morgan fingerprint density at radius 3 is 2.59 bits per heavy atom. The predicted octanol–water partition coefficient (Wildman–Crippen LogP) is 4.02. The number of para-hydroxylation sites is 1. The van der Waals surface area contributed by atoms with Gasteiger partial charge in [-0.1, -0.05) is 30.3 Å². The molecule has 32 heavy (non-hydrogen) atoms. The molecular formula is C24H20N4O4. The molecule has 5 rings (SSSR count). The van der Waals surface area contributed by atoms with E-state index in [1.807, 2.05) is 54.6 Å². The van der Waals surface area contributed by atoms with Crippen molar-refractivity contribution in [3.63, 3.8) is 0 Å². The summed E-state index contributed by atoms with van der Waals surface area (Å²) in [7, 11) is 0. The van der Waals surface area contributed by atoms with E-state index in [4.69, 9.17) is 9.15 Å². The highest BCUT2D eigenvalue weighted by atomic mass is 16.6. The number of nitrogens with one attached hydrogen (secondary N) is 1. The van der Waals surface area contributed by atoms with Gasteiger partial charge in [0.1, 0.15) is 18.0 Å². The fourth-order valence-electron chi connectivity index (χ4n) is 3.59. The van der Waals surface area contributed by atoms with Crippen molar-refractivity contribution < 1.29 is 18.7 Å². The normalized spacial score (nSPS) is 13.2. The van der Waals surface area contributed by atoms with Gasteiger partial charge in [0.2, 0.25) is 0 Å². The zero-order valence-electron chi connectivity index (χ0n) is 17.1. The van der Waals surface area contributed by atoms with Crippen molar-refractivity contribution in [3.8, 4) is 17.1 Å². The number of furan rings is 1. The number of anilines is 1. The second kappa shape index (κ2) is 8.43. The third-order valence-corrected chi connectivity index (χ3v) is 5.15. The molecule has 1 fully saturated rings. The maximum Gasteiger partial charge on any atom is 0.414 e. The highest BCUT2D eigenvalue weighted by Gasteiger charge is 2.24. The number of ether oxygens (including phenoxy) is 1. The second-order valence-electron chi connectivity index (χ2n) is 7.26. The van der Waals surface area contributed by atoms with Crippen LogP contribution in [0.3, 0.4) is 0 Å². The number of hydrogen-bond acceptors (Lipinski definition) is 5. The Kier molecular flexibility index (Phi) is 5.17. The SMILES string of the molecule is O=C(NCc1cccc(N2CCOC2=O)c1)c1cc(-c2ccco2)nn1-c1ccccc1. The number of benzene rings is 2. The molecule has 1 aliphatic rings. The van der Waals surface area contributed by atoms with Crippen LogP contribution in [0.4, 0.5) is 10.5 Å². The van der Waals surface area contributed by atoms with Gasteiger partial charge in [0, 0.05) is 18.3 Å². The maximum atomic E-state index is 13.1. The van der Waals surface area contributed by atoms with Gasteiger partial charge in [-0.3, -0.25) is 9.69 Å². The van der Waals surface area contributed by atoms with E-state index >= 15 is 0 Å². The van der Waals surface area contributed by atoms with Crippen LogP contribution in [0.25, 0.3) is 17.1 Å². The summed E-state index contributed by atoms with van der Waals surface area (Å²) >= 11 is 0. The standard InChI is InChI=1S/C24H20N4O4/c29-23(25-16-17-6-4-9-19(14-17)27-11-13-32-24(27)30)21-15-20(22-10-5-12-31-22)26-28(21)18-7-2-1-3-8-18/h1-10,12,14-15H,11,13,16H2,(H,25,29). The Balaban J connectivity index is 1.38. The number of nitrogens with zero attached hydrogens (tertiary/aromatic N) is 3. The molecule has 8 nitrogen and oxygen atoms in total. The molecule has 0 aliphatic carbocycles. The Morgan fingerprint density at radius 1 is 1.00 bits per heavy atom. The van der Waals surface area contributed by atoms with Gasteiger partial charge in [0.25, 0.3) is 5.91 Å². The molecule has 2 aromatic heterocycles. The van der Waals surface area contributed by atoms with Crippen molar-refractivity contribution in [2.24, 2.45) is 0 Å². The molecule has 2 aromatic carbocycles. The van der Waals surface area contributed by atoms with Crippen LogP contribution in [0.2, 0.25) is 0 Å². The molecular weight excluding hydrogens is 408 g/mol. The highest BCUT2D eigenvalue weighted by Crippen LogP contribution is 2.23. The second-order valence-corrected chi connectivity index (χ2v) is 7.26. The third-order valence-electron chi connectivity index (χ3n) is 5.15. The summed E-state index contributed by atoms with van der Waals surface area (Å²) in [5.41, 5.74) is 3.34. The van der Waals surface area contributed by atoms with Crippen LogP contribution >= 0.6 is 0 Å². The van der Waals surface area contributed by atoms with Gasteiger partial charge in [-0.2, -0.15) is 5.10 Å². The fourth-order valence-corrected chi connectivity index (χ4v) is 3.59. The van der Waals surface area contributed by atoms with Gasteiger partial charge in [-0.15, -0.1) is 0 Å². The first kappa shape index (κ1) is 19.6. The van der Waals surface area contributed by atoms with E-state index in [-0.39, 0.29) is 12.0 Å². The topological polar surface area (TPSA) is 89.6 Å². The summed E-state index contributed by atoms with van der Waals surface area (Å²) in [5, 5.41) is 7.53. The monoisotopic (exact) mass is 428 g/mol. The van der Waals surface area contributed by atoms with Crippen LogP contribution in [-0.2, 0) is 11.3 Å². The number of amides is 2. The first-order valence-electron chi connectivity index (χ1n) is 10.2. The molecule has 0 unspecified atom stereocenters. The summed E-state index contributed by atoms with van der Waals surface area (Å²) < 4.78 is 12.1. The van der Waals surface area contributed by atoms with E-state index in [1.165, 1.54) is 0 Å². The Labute approximate surface area is 184 Å². The molecule has 0 atom stereocenters. The maximum absolute atomic E-state index is 13.1. The van der Waals surface area contributed by atoms with Crippen LogP contribution in [0.15, 0.2) is 83.5 Å². The molecule has 160 valence electrons. The summed E-state index contributed by atoms with van der Waals surface area (Å²) in [4.78, 5) is 26.5. The third kappa shape index (κ3) is 3.85. The Morgan fingerprint density at radius 2 is 1.84 bits per heavy atom. The molecule has 4 aromatic rings. The summed E-state index contributed by atoms with van der Waals surface area (Å²) in [5.74, 6) is 0.309. The zero-order valence-corrected chi connectivity index (χ0v) is 17.1. The molecule has 3 heterocycles. The highest BCUT2D eigenvalue weighted by molar-refractivity contribution is 5.94. The Bertz CT molecular complexity index is 1250. The summed E-state index contributed by atoms with van der Waals surface area (Å²) in [6, 6.07) is 22.2. The lowest BCUT2D eigenvalue weighted by atomic mass is 10.2. The molecule has 0 radical (unpaired) electrons. The molecule has 1 saturated heterocycles. The van der Waals surface area contributed by atoms with Crippen molar-refractivity contribution in [1.29, 1.82) is 0 Å². The van der Waals surface area contributed by atoms with Gasteiger partial charge < -0.3 is 14.5 Å². The smallest absolute Gasteiger partial charge is 0.414 e. The average molecular weight is 428 g/mol. The largest absolute Gasteiger partial charge is 0.463 e. The van der Waals surface area contributed by atoms with Gasteiger partial charge in [-0.25, -0.2) is 9.48 Å². The molecule has 1 N–H and O–H groups in total. The number of carbonyl (C=O) groups excluding carboxylic acids is 2. The minimum atomic E-state index is -0.358. The van der Waals surface area contributed by atoms with Crippen LogP contribution in [0.1, 0.15) is 16.1 Å². The van der Waals surface area contributed by atoms with Crippen molar-refractivity contribution in [1.82, 2.24) is 15.1 Å². The molecule has 0 bridgehead atoms. The zero-order chi connectivity index (χ0) is 21.9. The van der Waals surface area contributed by atoms with Crippen molar-refractivity contribution >= 4 is 17.7 Å². The van der Waals surface area contributed by atoms with Gasteiger partial charge >= 0.3 is 6.09 Å². The van der Waals surface area contributed by atoms with E-state index in [0.717, 1.165) is 16.9 Å². The molecule has 2 amide bonds. The fraction of sp³-hybridized carbons (Fsp3) is 0.125. The van der Waals surface area contributed by atoms with Crippen LogP contribution in [-0.4, -0.2) is 34.9 Å². The van der Waals surface area contributed by atoms with E-state index in [1.54, 1.807) is 34.0 Å². The Hall–Kier alpha value is -4.33. The minimum Gasteiger partial charge on any atom is -0.463 e. The van der Waals surface area contributed by atoms with Crippen LogP contribution in [0.5, 0.6) is 0 Å². The van der Waals surface area contributed by atoms with Gasteiger partial charge in [0.15, 0.2) is 5.76 Å². The van der Waals surface area contributed by atoms with E-state index < -0.39 is 0 Å².